The van der Waals surface area contributed by atoms with Crippen LogP contribution in [0.15, 0.2) is 60.7 Å². The second-order valence-electron chi connectivity index (χ2n) is 8.33. The lowest BCUT2D eigenvalue weighted by Crippen LogP contribution is -2.22. The topological polar surface area (TPSA) is 54.0 Å². The molecule has 176 valence electrons. The van der Waals surface area contributed by atoms with Crippen molar-refractivity contribution >= 4 is 5.78 Å². The molecule has 0 atom stereocenters. The van der Waals surface area contributed by atoms with Crippen LogP contribution < -0.4 is 18.9 Å². The molecule has 0 unspecified atom stereocenters. The summed E-state index contributed by atoms with van der Waals surface area (Å²) in [6.45, 7) is 0.151. The van der Waals surface area contributed by atoms with Gasteiger partial charge >= 0.3 is 6.36 Å². The van der Waals surface area contributed by atoms with Crippen LogP contribution in [0.3, 0.4) is 0 Å². The Bertz CT molecular complexity index is 1250. The van der Waals surface area contributed by atoms with Crippen LogP contribution >= 0.6 is 0 Å². The van der Waals surface area contributed by atoms with E-state index < -0.39 is 11.8 Å². The number of fused-ring (bicyclic) bond motifs is 1. The van der Waals surface area contributed by atoms with Crippen LogP contribution in [-0.2, 0) is 16.6 Å². The number of carbonyl (C=O) groups is 1. The first-order chi connectivity index (χ1) is 16.3. The summed E-state index contributed by atoms with van der Waals surface area (Å²) in [5.41, 5.74) is 1.48. The molecule has 0 amide bonds. The second-order valence-corrected chi connectivity index (χ2v) is 8.33. The van der Waals surface area contributed by atoms with Crippen LogP contribution in [-0.4, -0.2) is 26.0 Å². The van der Waals surface area contributed by atoms with Gasteiger partial charge in [0.25, 0.3) is 0 Å². The average Bonchev–Trinajstić information content (AvgIpc) is 3.50. The molecule has 2 aliphatic rings. The molecule has 1 aliphatic heterocycles. The van der Waals surface area contributed by atoms with Crippen LogP contribution in [0, 0.1) is 0 Å². The normalized spacial score (nSPS) is 15.6. The minimum atomic E-state index is -4.86. The first kappa shape index (κ1) is 22.1. The molecular formula is C26H21F3O5. The highest BCUT2D eigenvalue weighted by Gasteiger charge is 2.50. The van der Waals surface area contributed by atoms with Crippen molar-refractivity contribution in [3.05, 3.63) is 71.8 Å². The maximum atomic E-state index is 13.4. The number of hydrogen-bond acceptors (Lipinski definition) is 5. The zero-order chi connectivity index (χ0) is 23.9. The minimum Gasteiger partial charge on any atom is -0.496 e. The minimum absolute atomic E-state index is 0.00170. The molecule has 8 heteroatoms. The van der Waals surface area contributed by atoms with Gasteiger partial charge in [-0.3, -0.25) is 4.79 Å². The fraction of sp³-hybridized carbons (Fsp3) is 0.269. The van der Waals surface area contributed by atoms with Crippen molar-refractivity contribution in [1.29, 1.82) is 0 Å². The molecule has 0 spiro atoms. The van der Waals surface area contributed by atoms with Crippen molar-refractivity contribution in [2.24, 2.45) is 0 Å². The van der Waals surface area contributed by atoms with E-state index in [0.29, 0.717) is 41.2 Å². The summed E-state index contributed by atoms with van der Waals surface area (Å²) in [6.07, 6.45) is -3.37. The quantitative estimate of drug-likeness (QED) is 0.435. The van der Waals surface area contributed by atoms with E-state index in [1.165, 1.54) is 19.2 Å². The summed E-state index contributed by atoms with van der Waals surface area (Å²) >= 11 is 0. The summed E-state index contributed by atoms with van der Waals surface area (Å²) in [5, 5.41) is 0. The molecule has 1 heterocycles. The number of halogens is 3. The largest absolute Gasteiger partial charge is 0.573 e. The fourth-order valence-electron chi connectivity index (χ4n) is 4.38. The van der Waals surface area contributed by atoms with Crippen molar-refractivity contribution in [2.75, 3.05) is 13.9 Å². The highest BCUT2D eigenvalue weighted by molar-refractivity contribution is 5.95. The van der Waals surface area contributed by atoms with Crippen molar-refractivity contribution in [1.82, 2.24) is 0 Å². The predicted octanol–water partition coefficient (Wildman–Crippen LogP) is 5.83. The van der Waals surface area contributed by atoms with Crippen LogP contribution in [0.25, 0.3) is 11.1 Å². The number of Topliss-reactive ketones (excluding diaryl/α,β-unsaturated/α-hetero) is 1. The molecule has 0 aromatic heterocycles. The molecule has 1 fully saturated rings. The average molecular weight is 470 g/mol. The molecule has 5 nitrogen and oxygen atoms in total. The van der Waals surface area contributed by atoms with E-state index in [2.05, 4.69) is 4.74 Å². The number of para-hydroxylation sites is 1. The van der Waals surface area contributed by atoms with Crippen molar-refractivity contribution in [3.8, 4) is 34.1 Å². The Morgan fingerprint density at radius 2 is 1.71 bits per heavy atom. The highest BCUT2D eigenvalue weighted by Crippen LogP contribution is 2.52. The van der Waals surface area contributed by atoms with Crippen LogP contribution in [0.4, 0.5) is 13.2 Å². The van der Waals surface area contributed by atoms with Gasteiger partial charge in [0.15, 0.2) is 11.5 Å². The lowest BCUT2D eigenvalue weighted by atomic mass is 9.87. The van der Waals surface area contributed by atoms with Gasteiger partial charge in [-0.2, -0.15) is 0 Å². The summed E-state index contributed by atoms with van der Waals surface area (Å²) in [6, 6.07) is 16.6. The highest BCUT2D eigenvalue weighted by atomic mass is 19.4. The smallest absolute Gasteiger partial charge is 0.496 e. The van der Waals surface area contributed by atoms with E-state index in [1.54, 1.807) is 36.4 Å². The van der Waals surface area contributed by atoms with E-state index in [9.17, 15) is 18.0 Å². The number of benzene rings is 3. The van der Waals surface area contributed by atoms with Gasteiger partial charge in [0.2, 0.25) is 6.79 Å². The summed E-state index contributed by atoms with van der Waals surface area (Å²) in [4.78, 5) is 13.4. The number of rotatable bonds is 7. The van der Waals surface area contributed by atoms with Gasteiger partial charge in [-0.25, -0.2) is 0 Å². The number of hydrogen-bond donors (Lipinski definition) is 0. The number of ether oxygens (including phenoxy) is 4. The Morgan fingerprint density at radius 3 is 2.44 bits per heavy atom. The standard InChI is InChI=1S/C26H21F3O5/c1-31-20-5-3-2-4-18(20)19-12-16(6-8-21(19)34-26(27,28)29)13-24(30)25(10-11-25)17-7-9-22-23(14-17)33-15-32-22/h2-9,12,14H,10-11,13,15H2,1H3. The third-order valence-corrected chi connectivity index (χ3v) is 6.24. The zero-order valence-electron chi connectivity index (χ0n) is 18.3. The lowest BCUT2D eigenvalue weighted by molar-refractivity contribution is -0.274. The lowest BCUT2D eigenvalue weighted by Gasteiger charge is -2.18. The molecule has 0 saturated heterocycles. The Hall–Kier alpha value is -3.68. The van der Waals surface area contributed by atoms with E-state index in [-0.39, 0.29) is 30.3 Å². The van der Waals surface area contributed by atoms with E-state index in [0.717, 1.165) is 5.56 Å². The molecule has 0 bridgehead atoms. The number of carbonyl (C=O) groups excluding carboxylic acids is 1. The first-order valence-corrected chi connectivity index (χ1v) is 10.7. The van der Waals surface area contributed by atoms with Gasteiger partial charge in [-0.1, -0.05) is 30.3 Å². The monoisotopic (exact) mass is 470 g/mol. The molecule has 3 aromatic carbocycles. The van der Waals surface area contributed by atoms with E-state index >= 15 is 0 Å². The third kappa shape index (κ3) is 4.16. The second kappa shape index (κ2) is 8.27. The van der Waals surface area contributed by atoms with Crippen molar-refractivity contribution in [3.63, 3.8) is 0 Å². The summed E-state index contributed by atoms with van der Waals surface area (Å²) < 4.78 is 59.6. The van der Waals surface area contributed by atoms with E-state index in [1.807, 2.05) is 12.1 Å². The van der Waals surface area contributed by atoms with Crippen molar-refractivity contribution in [2.45, 2.75) is 31.0 Å². The van der Waals surface area contributed by atoms with Gasteiger partial charge in [0.05, 0.1) is 12.5 Å². The maximum Gasteiger partial charge on any atom is 0.573 e. The van der Waals surface area contributed by atoms with Crippen LogP contribution in [0.1, 0.15) is 24.0 Å². The van der Waals surface area contributed by atoms with Crippen molar-refractivity contribution < 1.29 is 36.9 Å². The molecule has 34 heavy (non-hydrogen) atoms. The summed E-state index contributed by atoms with van der Waals surface area (Å²) in [7, 11) is 1.44. The zero-order valence-corrected chi connectivity index (χ0v) is 18.3. The maximum absolute atomic E-state index is 13.4. The Kier molecular flexibility index (Phi) is 5.38. The molecule has 5 rings (SSSR count). The number of methoxy groups -OCH3 is 1. The number of alkyl halides is 3. The predicted molar refractivity (Wildman–Crippen MR) is 117 cm³/mol. The first-order valence-electron chi connectivity index (χ1n) is 10.7. The molecule has 0 radical (unpaired) electrons. The molecule has 1 saturated carbocycles. The molecule has 3 aromatic rings. The van der Waals surface area contributed by atoms with Crippen LogP contribution in [0.2, 0.25) is 0 Å². The Labute approximate surface area is 194 Å². The van der Waals surface area contributed by atoms with Gasteiger partial charge in [0.1, 0.15) is 17.3 Å². The SMILES string of the molecule is COc1ccccc1-c1cc(CC(=O)C2(c3ccc4c(c3)OCO4)CC2)ccc1OC(F)(F)F. The Morgan fingerprint density at radius 1 is 0.941 bits per heavy atom. The number of ketones is 1. The van der Waals surface area contributed by atoms with Gasteiger partial charge in [-0.05, 0) is 54.3 Å². The van der Waals surface area contributed by atoms with Crippen LogP contribution in [0.5, 0.6) is 23.0 Å². The third-order valence-electron chi connectivity index (χ3n) is 6.24. The van der Waals surface area contributed by atoms with E-state index in [4.69, 9.17) is 14.2 Å². The van der Waals surface area contributed by atoms with Gasteiger partial charge < -0.3 is 18.9 Å². The Balaban J connectivity index is 1.47. The molecular weight excluding hydrogens is 449 g/mol. The molecule has 0 N–H and O–H groups in total. The summed E-state index contributed by atoms with van der Waals surface area (Å²) in [5.74, 6) is 1.31. The van der Waals surface area contributed by atoms with Gasteiger partial charge in [-0.15, -0.1) is 13.2 Å². The molecule has 1 aliphatic carbocycles. The fourth-order valence-corrected chi connectivity index (χ4v) is 4.38. The van der Waals surface area contributed by atoms with Gasteiger partial charge in [0, 0.05) is 17.5 Å².